The first-order valence-corrected chi connectivity index (χ1v) is 7.59. The smallest absolute Gasteiger partial charge is 0.257 e. The summed E-state index contributed by atoms with van der Waals surface area (Å²) in [5, 5.41) is 1.93. The first-order valence-electron chi connectivity index (χ1n) is 5.84. The van der Waals surface area contributed by atoms with Gasteiger partial charge in [0.05, 0.1) is 0 Å². The lowest BCUT2D eigenvalue weighted by molar-refractivity contribution is 0.489. The summed E-state index contributed by atoms with van der Waals surface area (Å²) in [5.41, 5.74) is 8.81. The van der Waals surface area contributed by atoms with Crippen LogP contribution in [-0.4, -0.2) is 4.98 Å². The third-order valence-corrected chi connectivity index (χ3v) is 4.23. The van der Waals surface area contributed by atoms with Crippen molar-refractivity contribution in [3.05, 3.63) is 52.0 Å². The Labute approximate surface area is 130 Å². The van der Waals surface area contributed by atoms with Gasteiger partial charge in [-0.05, 0) is 42.0 Å². The molecule has 0 radical (unpaired) electrons. The summed E-state index contributed by atoms with van der Waals surface area (Å²) >= 11 is 13.5. The molecule has 0 amide bonds. The van der Waals surface area contributed by atoms with Gasteiger partial charge in [-0.25, -0.2) is 4.98 Å². The lowest BCUT2D eigenvalue weighted by Gasteiger charge is -2.02. The first kappa shape index (κ1) is 13.6. The summed E-state index contributed by atoms with van der Waals surface area (Å²) in [4.78, 5) is 4.38. The molecule has 20 heavy (non-hydrogen) atoms. The van der Waals surface area contributed by atoms with Crippen LogP contribution in [0.2, 0.25) is 10.0 Å². The van der Waals surface area contributed by atoms with Gasteiger partial charge < -0.3 is 10.2 Å². The standard InChI is InChI=1S/C14H10Cl2N2OS/c15-9-1-3-11(16)8(5-9)7-20-14-18-12-6-10(17)2-4-13(12)19-14/h1-6H,7,17H2. The van der Waals surface area contributed by atoms with E-state index in [4.69, 9.17) is 33.4 Å². The molecule has 2 aromatic carbocycles. The molecule has 3 nitrogen and oxygen atoms in total. The maximum atomic E-state index is 6.12. The second kappa shape index (κ2) is 5.56. The molecule has 1 aromatic heterocycles. The lowest BCUT2D eigenvalue weighted by atomic mass is 10.2. The van der Waals surface area contributed by atoms with Gasteiger partial charge in [0.1, 0.15) is 5.52 Å². The summed E-state index contributed by atoms with van der Waals surface area (Å²) < 4.78 is 5.64. The van der Waals surface area contributed by atoms with Crippen LogP contribution in [0.25, 0.3) is 11.1 Å². The molecule has 0 aliphatic carbocycles. The SMILES string of the molecule is Nc1ccc2oc(SCc3cc(Cl)ccc3Cl)nc2c1. The molecule has 0 saturated carbocycles. The third-order valence-electron chi connectivity index (χ3n) is 2.75. The van der Waals surface area contributed by atoms with E-state index in [2.05, 4.69) is 4.98 Å². The Morgan fingerprint density at radius 1 is 1.15 bits per heavy atom. The monoisotopic (exact) mass is 324 g/mol. The molecule has 3 rings (SSSR count). The molecule has 0 bridgehead atoms. The van der Waals surface area contributed by atoms with Crippen molar-refractivity contribution < 1.29 is 4.42 Å². The number of oxazole rings is 1. The van der Waals surface area contributed by atoms with Crippen molar-refractivity contribution in [1.29, 1.82) is 0 Å². The molecule has 0 spiro atoms. The fraction of sp³-hybridized carbons (Fsp3) is 0.0714. The molecule has 0 fully saturated rings. The van der Waals surface area contributed by atoms with Gasteiger partial charge >= 0.3 is 0 Å². The molecule has 1 heterocycles. The van der Waals surface area contributed by atoms with Crippen molar-refractivity contribution >= 4 is 51.8 Å². The van der Waals surface area contributed by atoms with Crippen molar-refractivity contribution in [2.45, 2.75) is 11.0 Å². The maximum Gasteiger partial charge on any atom is 0.257 e. The molecular weight excluding hydrogens is 315 g/mol. The predicted octanol–water partition coefficient (Wildman–Crippen LogP) is 5.01. The van der Waals surface area contributed by atoms with E-state index in [1.165, 1.54) is 11.8 Å². The van der Waals surface area contributed by atoms with E-state index in [0.717, 1.165) is 16.7 Å². The number of thioether (sulfide) groups is 1. The van der Waals surface area contributed by atoms with Crippen LogP contribution in [0, 0.1) is 0 Å². The highest BCUT2D eigenvalue weighted by Crippen LogP contribution is 2.30. The van der Waals surface area contributed by atoms with Crippen LogP contribution in [0.3, 0.4) is 0 Å². The number of hydrogen-bond donors (Lipinski definition) is 1. The molecule has 3 aromatic rings. The van der Waals surface area contributed by atoms with Crippen molar-refractivity contribution in [3.8, 4) is 0 Å². The van der Waals surface area contributed by atoms with Crippen LogP contribution >= 0.6 is 35.0 Å². The van der Waals surface area contributed by atoms with E-state index in [0.29, 0.717) is 26.7 Å². The topological polar surface area (TPSA) is 52.0 Å². The van der Waals surface area contributed by atoms with E-state index in [-0.39, 0.29) is 0 Å². The van der Waals surface area contributed by atoms with Crippen molar-refractivity contribution in [3.63, 3.8) is 0 Å². The highest BCUT2D eigenvalue weighted by molar-refractivity contribution is 7.98. The Hall–Kier alpha value is -1.36. The molecule has 0 atom stereocenters. The number of hydrogen-bond acceptors (Lipinski definition) is 4. The number of rotatable bonds is 3. The quantitative estimate of drug-likeness (QED) is 0.543. The molecule has 0 aliphatic rings. The normalized spacial score (nSPS) is 11.1. The minimum atomic E-state index is 0.585. The highest BCUT2D eigenvalue weighted by atomic mass is 35.5. The molecule has 0 unspecified atom stereocenters. The molecule has 0 aliphatic heterocycles. The van der Waals surface area contributed by atoms with Crippen molar-refractivity contribution in [1.82, 2.24) is 4.98 Å². The van der Waals surface area contributed by atoms with Crippen molar-refractivity contribution in [2.75, 3.05) is 5.73 Å². The number of aromatic nitrogens is 1. The lowest BCUT2D eigenvalue weighted by Crippen LogP contribution is -1.83. The highest BCUT2D eigenvalue weighted by Gasteiger charge is 2.08. The van der Waals surface area contributed by atoms with Crippen LogP contribution < -0.4 is 5.73 Å². The number of anilines is 1. The fourth-order valence-corrected chi connectivity index (χ4v) is 3.07. The fourth-order valence-electron chi connectivity index (χ4n) is 1.78. The van der Waals surface area contributed by atoms with Gasteiger partial charge in [-0.3, -0.25) is 0 Å². The third kappa shape index (κ3) is 2.87. The Kier molecular flexibility index (Phi) is 3.78. The first-order chi connectivity index (χ1) is 9.61. The summed E-state index contributed by atoms with van der Waals surface area (Å²) in [6.45, 7) is 0. The zero-order valence-corrected chi connectivity index (χ0v) is 12.6. The average Bonchev–Trinajstić information content (AvgIpc) is 2.81. The van der Waals surface area contributed by atoms with Crippen LogP contribution in [0.4, 0.5) is 5.69 Å². The Bertz CT molecular complexity index is 773. The zero-order valence-electron chi connectivity index (χ0n) is 10.3. The maximum absolute atomic E-state index is 6.12. The van der Waals surface area contributed by atoms with Crippen molar-refractivity contribution in [2.24, 2.45) is 0 Å². The Balaban J connectivity index is 1.81. The molecule has 6 heteroatoms. The van der Waals surface area contributed by atoms with Gasteiger partial charge in [0.15, 0.2) is 5.58 Å². The van der Waals surface area contributed by atoms with Gasteiger partial charge in [0, 0.05) is 21.5 Å². The minimum Gasteiger partial charge on any atom is -0.431 e. The van der Waals surface area contributed by atoms with E-state index in [9.17, 15) is 0 Å². The van der Waals surface area contributed by atoms with Gasteiger partial charge in [-0.15, -0.1) is 0 Å². The molecule has 0 saturated heterocycles. The number of nitrogen functional groups attached to an aromatic ring is 1. The van der Waals surface area contributed by atoms with E-state index >= 15 is 0 Å². The number of nitrogens with zero attached hydrogens (tertiary/aromatic N) is 1. The number of fused-ring (bicyclic) bond motifs is 1. The Morgan fingerprint density at radius 2 is 2.00 bits per heavy atom. The second-order valence-electron chi connectivity index (χ2n) is 4.23. The number of halogens is 2. The van der Waals surface area contributed by atoms with E-state index in [1.54, 1.807) is 24.3 Å². The molecule has 102 valence electrons. The van der Waals surface area contributed by atoms with Crippen LogP contribution in [-0.2, 0) is 5.75 Å². The minimum absolute atomic E-state index is 0.585. The van der Waals surface area contributed by atoms with E-state index < -0.39 is 0 Å². The summed E-state index contributed by atoms with van der Waals surface area (Å²) in [7, 11) is 0. The summed E-state index contributed by atoms with van der Waals surface area (Å²) in [6.07, 6.45) is 0. The number of nitrogens with two attached hydrogens (primary N) is 1. The van der Waals surface area contributed by atoms with E-state index in [1.807, 2.05) is 12.1 Å². The Morgan fingerprint density at radius 3 is 2.85 bits per heavy atom. The summed E-state index contributed by atoms with van der Waals surface area (Å²) in [5.74, 6) is 0.641. The van der Waals surface area contributed by atoms with Crippen LogP contribution in [0.1, 0.15) is 5.56 Å². The van der Waals surface area contributed by atoms with Gasteiger partial charge in [0.25, 0.3) is 5.22 Å². The largest absolute Gasteiger partial charge is 0.431 e. The van der Waals surface area contributed by atoms with Crippen LogP contribution in [0.5, 0.6) is 0 Å². The summed E-state index contributed by atoms with van der Waals surface area (Å²) in [6, 6.07) is 10.8. The van der Waals surface area contributed by atoms with Gasteiger partial charge in [-0.2, -0.15) is 0 Å². The van der Waals surface area contributed by atoms with Gasteiger partial charge in [0.2, 0.25) is 0 Å². The second-order valence-corrected chi connectivity index (χ2v) is 6.00. The average molecular weight is 325 g/mol. The predicted molar refractivity (Wildman–Crippen MR) is 84.4 cm³/mol. The molecular formula is C14H10Cl2N2OS. The van der Waals surface area contributed by atoms with Gasteiger partial charge in [-0.1, -0.05) is 35.0 Å². The van der Waals surface area contributed by atoms with Crippen LogP contribution in [0.15, 0.2) is 46.0 Å². The number of benzene rings is 2. The zero-order chi connectivity index (χ0) is 14.1. The molecule has 2 N–H and O–H groups in total.